The normalized spacial score (nSPS) is 27.8. The first-order chi connectivity index (χ1) is 8.93. The Bertz CT molecular complexity index is 281. The van der Waals surface area contributed by atoms with Crippen LogP contribution in [0, 0.1) is 11.8 Å². The van der Waals surface area contributed by atoms with Gasteiger partial charge in [-0.15, -0.1) is 0 Å². The summed E-state index contributed by atoms with van der Waals surface area (Å²) >= 11 is 0. The fourth-order valence-electron chi connectivity index (χ4n) is 2.68. The Morgan fingerprint density at radius 1 is 1.42 bits per heavy atom. The van der Waals surface area contributed by atoms with E-state index < -0.39 is 0 Å². The van der Waals surface area contributed by atoms with Gasteiger partial charge >= 0.3 is 0 Å². The maximum absolute atomic E-state index is 12.1. The number of rotatable bonds is 6. The second kappa shape index (κ2) is 7.85. The summed E-state index contributed by atoms with van der Waals surface area (Å²) in [4.78, 5) is 14.4. The molecule has 3 atom stereocenters. The maximum Gasteiger partial charge on any atom is 0.224 e. The molecule has 0 bridgehead atoms. The van der Waals surface area contributed by atoms with Gasteiger partial charge in [-0.05, 0) is 52.6 Å². The van der Waals surface area contributed by atoms with Crippen LogP contribution in [-0.2, 0) is 4.79 Å². The number of nitrogens with two attached hydrogens (primary N) is 1. The summed E-state index contributed by atoms with van der Waals surface area (Å²) in [6.45, 7) is 8.29. The molecule has 4 heteroatoms. The number of nitrogens with one attached hydrogen (secondary N) is 1. The first kappa shape index (κ1) is 16.4. The zero-order valence-electron chi connectivity index (χ0n) is 13.0. The van der Waals surface area contributed by atoms with Gasteiger partial charge in [0.25, 0.3) is 0 Å². The number of carbonyl (C=O) groups excluding carboxylic acids is 1. The third-order valence-corrected chi connectivity index (χ3v) is 4.50. The molecule has 19 heavy (non-hydrogen) atoms. The van der Waals surface area contributed by atoms with Gasteiger partial charge in [0.15, 0.2) is 0 Å². The third kappa shape index (κ3) is 5.11. The van der Waals surface area contributed by atoms with Crippen LogP contribution < -0.4 is 11.1 Å². The van der Waals surface area contributed by atoms with Crippen LogP contribution in [0.4, 0.5) is 0 Å². The molecule has 0 aromatic heterocycles. The average molecular weight is 269 g/mol. The zero-order chi connectivity index (χ0) is 14.4. The molecule has 0 spiro atoms. The molecule has 0 saturated heterocycles. The van der Waals surface area contributed by atoms with Crippen LogP contribution in [0.25, 0.3) is 0 Å². The molecule has 112 valence electrons. The van der Waals surface area contributed by atoms with Crippen LogP contribution >= 0.6 is 0 Å². The predicted octanol–water partition coefficient (Wildman–Crippen LogP) is 1.60. The Labute approximate surface area is 118 Å². The topological polar surface area (TPSA) is 58.4 Å². The van der Waals surface area contributed by atoms with E-state index in [9.17, 15) is 4.79 Å². The number of nitrogens with zero attached hydrogens (tertiary/aromatic N) is 1. The van der Waals surface area contributed by atoms with Crippen LogP contribution in [0.5, 0.6) is 0 Å². The highest BCUT2D eigenvalue weighted by Gasteiger charge is 2.32. The van der Waals surface area contributed by atoms with Crippen molar-refractivity contribution < 1.29 is 4.79 Å². The van der Waals surface area contributed by atoms with Gasteiger partial charge in [0.2, 0.25) is 5.91 Å². The Balaban J connectivity index is 2.24. The summed E-state index contributed by atoms with van der Waals surface area (Å²) < 4.78 is 0. The van der Waals surface area contributed by atoms with Gasteiger partial charge in [0, 0.05) is 18.6 Å². The molecule has 0 radical (unpaired) electrons. The molecule has 3 unspecified atom stereocenters. The lowest BCUT2D eigenvalue weighted by Crippen LogP contribution is -2.47. The van der Waals surface area contributed by atoms with Crippen molar-refractivity contribution in [3.63, 3.8) is 0 Å². The zero-order valence-corrected chi connectivity index (χ0v) is 13.0. The number of hydrogen-bond donors (Lipinski definition) is 2. The minimum atomic E-state index is 0.0200. The lowest BCUT2D eigenvalue weighted by atomic mass is 9.78. The van der Waals surface area contributed by atoms with Gasteiger partial charge in [0.1, 0.15) is 0 Å². The largest absolute Gasteiger partial charge is 0.356 e. The van der Waals surface area contributed by atoms with Crippen LogP contribution in [0.1, 0.15) is 46.5 Å². The average Bonchev–Trinajstić information content (AvgIpc) is 2.37. The lowest BCUT2D eigenvalue weighted by Gasteiger charge is -2.32. The second-order valence-electron chi connectivity index (χ2n) is 6.31. The third-order valence-electron chi connectivity index (χ3n) is 4.50. The first-order valence-electron chi connectivity index (χ1n) is 7.67. The second-order valence-corrected chi connectivity index (χ2v) is 6.31. The summed E-state index contributed by atoms with van der Waals surface area (Å²) in [5, 5.41) is 3.05. The number of carbonyl (C=O) groups is 1. The fourth-order valence-corrected chi connectivity index (χ4v) is 2.68. The van der Waals surface area contributed by atoms with E-state index in [-0.39, 0.29) is 17.9 Å². The summed E-state index contributed by atoms with van der Waals surface area (Å²) in [5.41, 5.74) is 6.15. The maximum atomic E-state index is 12.1. The number of amides is 1. The van der Waals surface area contributed by atoms with Crippen molar-refractivity contribution in [1.29, 1.82) is 0 Å². The van der Waals surface area contributed by atoms with E-state index in [2.05, 4.69) is 38.0 Å². The lowest BCUT2D eigenvalue weighted by molar-refractivity contribution is -0.127. The Hall–Kier alpha value is -0.610. The molecular weight excluding hydrogens is 238 g/mol. The highest BCUT2D eigenvalue weighted by molar-refractivity contribution is 5.79. The van der Waals surface area contributed by atoms with E-state index in [1.165, 1.54) is 0 Å². The molecule has 1 saturated carbocycles. The van der Waals surface area contributed by atoms with E-state index >= 15 is 0 Å². The van der Waals surface area contributed by atoms with E-state index in [1.807, 2.05) is 0 Å². The van der Waals surface area contributed by atoms with Crippen molar-refractivity contribution in [3.05, 3.63) is 0 Å². The van der Waals surface area contributed by atoms with Gasteiger partial charge in [-0.3, -0.25) is 4.79 Å². The molecule has 0 heterocycles. The molecular formula is C15H31N3O. The van der Waals surface area contributed by atoms with Crippen molar-refractivity contribution in [2.45, 2.75) is 58.5 Å². The monoisotopic (exact) mass is 269 g/mol. The molecule has 3 N–H and O–H groups in total. The van der Waals surface area contributed by atoms with Crippen molar-refractivity contribution in [3.8, 4) is 0 Å². The minimum Gasteiger partial charge on any atom is -0.356 e. The summed E-state index contributed by atoms with van der Waals surface area (Å²) in [7, 11) is 2.12. The summed E-state index contributed by atoms with van der Waals surface area (Å²) in [6, 6.07) is 0.593. The molecule has 1 rings (SSSR count). The van der Waals surface area contributed by atoms with Gasteiger partial charge in [-0.2, -0.15) is 0 Å². The predicted molar refractivity (Wildman–Crippen MR) is 79.9 cm³/mol. The molecule has 1 fully saturated rings. The number of hydrogen-bond acceptors (Lipinski definition) is 3. The molecule has 4 nitrogen and oxygen atoms in total. The molecule has 0 aromatic carbocycles. The van der Waals surface area contributed by atoms with Crippen molar-refractivity contribution in [2.24, 2.45) is 17.6 Å². The summed E-state index contributed by atoms with van der Waals surface area (Å²) in [5.74, 6) is 0.648. The van der Waals surface area contributed by atoms with Crippen molar-refractivity contribution >= 4 is 5.91 Å². The first-order valence-corrected chi connectivity index (χ1v) is 7.67. The van der Waals surface area contributed by atoms with Crippen LogP contribution in [-0.4, -0.2) is 43.0 Å². The summed E-state index contributed by atoms with van der Waals surface area (Å²) in [6.07, 6.45) is 4.23. The van der Waals surface area contributed by atoms with Crippen molar-refractivity contribution in [1.82, 2.24) is 10.2 Å². The van der Waals surface area contributed by atoms with Crippen LogP contribution in [0.15, 0.2) is 0 Å². The van der Waals surface area contributed by atoms with Gasteiger partial charge in [-0.25, -0.2) is 0 Å². The Morgan fingerprint density at radius 2 is 2.11 bits per heavy atom. The minimum absolute atomic E-state index is 0.0200. The van der Waals surface area contributed by atoms with E-state index in [1.54, 1.807) is 0 Å². The van der Waals surface area contributed by atoms with E-state index in [0.717, 1.165) is 38.8 Å². The fraction of sp³-hybridized carbons (Fsp3) is 0.933. The Kier molecular flexibility index (Phi) is 6.80. The van der Waals surface area contributed by atoms with Gasteiger partial charge in [-0.1, -0.05) is 13.3 Å². The molecule has 0 aromatic rings. The van der Waals surface area contributed by atoms with Crippen LogP contribution in [0.3, 0.4) is 0 Å². The van der Waals surface area contributed by atoms with E-state index in [4.69, 9.17) is 5.73 Å². The van der Waals surface area contributed by atoms with Crippen molar-refractivity contribution in [2.75, 3.05) is 20.1 Å². The van der Waals surface area contributed by atoms with Crippen LogP contribution in [0.2, 0.25) is 0 Å². The Morgan fingerprint density at radius 3 is 2.74 bits per heavy atom. The van der Waals surface area contributed by atoms with Gasteiger partial charge in [0.05, 0.1) is 5.92 Å². The quantitative estimate of drug-likeness (QED) is 0.720. The van der Waals surface area contributed by atoms with Gasteiger partial charge < -0.3 is 16.0 Å². The van der Waals surface area contributed by atoms with E-state index in [0.29, 0.717) is 12.0 Å². The molecule has 0 aliphatic heterocycles. The molecule has 1 aliphatic carbocycles. The smallest absolute Gasteiger partial charge is 0.224 e. The molecule has 1 aliphatic rings. The highest BCUT2D eigenvalue weighted by atomic mass is 16.1. The standard InChI is InChI=1S/C15H31N3O/c1-11(2)18(4)10-6-9-17-15(19)13-8-5-7-12(3)14(13)16/h11-14H,5-10,16H2,1-4H3,(H,17,19). The molecule has 1 amide bonds. The SMILES string of the molecule is CC1CCCC(C(=O)NCCCN(C)C(C)C)C1N. The highest BCUT2D eigenvalue weighted by Crippen LogP contribution is 2.27.